The quantitative estimate of drug-likeness (QED) is 0.664. The van der Waals surface area contributed by atoms with E-state index in [1.807, 2.05) is 36.4 Å². The van der Waals surface area contributed by atoms with Gasteiger partial charge in [-0.15, -0.1) is 11.8 Å². The van der Waals surface area contributed by atoms with E-state index in [0.29, 0.717) is 11.3 Å². The molecule has 20 heavy (non-hydrogen) atoms. The fourth-order valence-corrected chi connectivity index (χ4v) is 3.19. The highest BCUT2D eigenvalue weighted by Crippen LogP contribution is 2.31. The van der Waals surface area contributed by atoms with E-state index in [0.717, 1.165) is 26.4 Å². The Hall–Kier alpha value is -1.64. The molecule has 102 valence electrons. The molecule has 0 radical (unpaired) electrons. The molecule has 0 aliphatic rings. The smallest absolute Gasteiger partial charge is 0.136 e. The molecular formula is C15H13BrN2OS. The van der Waals surface area contributed by atoms with E-state index in [-0.39, 0.29) is 0 Å². The number of nitriles is 1. The average molecular weight is 349 g/mol. The second-order valence-corrected chi connectivity index (χ2v) is 6.05. The number of thioether (sulfide) groups is 1. The van der Waals surface area contributed by atoms with Crippen LogP contribution in [0.1, 0.15) is 11.1 Å². The average Bonchev–Trinajstić information content (AvgIpc) is 2.47. The summed E-state index contributed by atoms with van der Waals surface area (Å²) in [4.78, 5) is 1.02. The van der Waals surface area contributed by atoms with Gasteiger partial charge in [0, 0.05) is 20.8 Å². The third-order valence-electron chi connectivity index (χ3n) is 2.75. The molecule has 0 atom stereocenters. The normalized spacial score (nSPS) is 10.1. The Morgan fingerprint density at radius 2 is 2.10 bits per heavy atom. The SMILES string of the molecule is COc1ccc(CSc2cc(Br)ccc2N)cc1C#N. The van der Waals surface area contributed by atoms with E-state index < -0.39 is 0 Å². The van der Waals surface area contributed by atoms with Crippen LogP contribution in [0.25, 0.3) is 0 Å². The second-order valence-electron chi connectivity index (χ2n) is 4.12. The van der Waals surface area contributed by atoms with Crippen LogP contribution in [0.5, 0.6) is 5.75 Å². The van der Waals surface area contributed by atoms with Crippen molar-refractivity contribution in [1.82, 2.24) is 0 Å². The number of anilines is 1. The van der Waals surface area contributed by atoms with Crippen LogP contribution < -0.4 is 10.5 Å². The molecule has 0 aromatic heterocycles. The molecule has 2 rings (SSSR count). The van der Waals surface area contributed by atoms with Gasteiger partial charge in [-0.25, -0.2) is 0 Å². The van der Waals surface area contributed by atoms with Crippen molar-refractivity contribution >= 4 is 33.4 Å². The molecule has 0 bridgehead atoms. The molecular weight excluding hydrogens is 336 g/mol. The lowest BCUT2D eigenvalue weighted by Gasteiger charge is -2.08. The molecule has 0 heterocycles. The minimum Gasteiger partial charge on any atom is -0.495 e. The lowest BCUT2D eigenvalue weighted by molar-refractivity contribution is 0.413. The van der Waals surface area contributed by atoms with Gasteiger partial charge < -0.3 is 10.5 Å². The van der Waals surface area contributed by atoms with Gasteiger partial charge in [0.2, 0.25) is 0 Å². The molecule has 0 fully saturated rings. The third kappa shape index (κ3) is 3.47. The zero-order valence-electron chi connectivity index (χ0n) is 10.9. The summed E-state index contributed by atoms with van der Waals surface area (Å²) in [5, 5.41) is 9.08. The van der Waals surface area contributed by atoms with E-state index in [1.165, 1.54) is 0 Å². The summed E-state index contributed by atoms with van der Waals surface area (Å²) < 4.78 is 6.13. The van der Waals surface area contributed by atoms with Crippen LogP contribution in [0.15, 0.2) is 45.8 Å². The Morgan fingerprint density at radius 3 is 2.80 bits per heavy atom. The maximum Gasteiger partial charge on any atom is 0.136 e. The molecule has 0 unspecified atom stereocenters. The number of nitrogens with zero attached hydrogens (tertiary/aromatic N) is 1. The number of rotatable bonds is 4. The van der Waals surface area contributed by atoms with E-state index in [2.05, 4.69) is 22.0 Å². The zero-order valence-corrected chi connectivity index (χ0v) is 13.3. The zero-order chi connectivity index (χ0) is 14.5. The predicted octanol–water partition coefficient (Wildman–Crippen LogP) is 4.20. The molecule has 0 saturated heterocycles. The maximum absolute atomic E-state index is 9.08. The Morgan fingerprint density at radius 1 is 1.30 bits per heavy atom. The van der Waals surface area contributed by atoms with Gasteiger partial charge >= 0.3 is 0 Å². The van der Waals surface area contributed by atoms with Crippen LogP contribution in [0, 0.1) is 11.3 Å². The van der Waals surface area contributed by atoms with Gasteiger partial charge in [0.05, 0.1) is 12.7 Å². The Labute approximate surface area is 130 Å². The van der Waals surface area contributed by atoms with Gasteiger partial charge in [0.1, 0.15) is 11.8 Å². The molecule has 0 aliphatic heterocycles. The largest absolute Gasteiger partial charge is 0.495 e. The van der Waals surface area contributed by atoms with Crippen LogP contribution in [0.4, 0.5) is 5.69 Å². The van der Waals surface area contributed by atoms with Gasteiger partial charge in [-0.1, -0.05) is 22.0 Å². The monoisotopic (exact) mass is 348 g/mol. The van der Waals surface area contributed by atoms with Gasteiger partial charge in [0.25, 0.3) is 0 Å². The van der Waals surface area contributed by atoms with Crippen LogP contribution in [0.2, 0.25) is 0 Å². The minimum atomic E-state index is 0.549. The van der Waals surface area contributed by atoms with Crippen molar-refractivity contribution in [3.63, 3.8) is 0 Å². The maximum atomic E-state index is 9.08. The number of nitrogen functional groups attached to an aromatic ring is 1. The predicted molar refractivity (Wildman–Crippen MR) is 85.8 cm³/mol. The van der Waals surface area contributed by atoms with Crippen molar-refractivity contribution in [2.45, 2.75) is 10.6 Å². The number of hydrogen-bond donors (Lipinski definition) is 1. The summed E-state index contributed by atoms with van der Waals surface area (Å²) in [6, 6.07) is 13.6. The summed E-state index contributed by atoms with van der Waals surface area (Å²) in [5.74, 6) is 1.35. The number of ether oxygens (including phenoxy) is 1. The van der Waals surface area contributed by atoms with Gasteiger partial charge in [-0.2, -0.15) is 5.26 Å². The highest BCUT2D eigenvalue weighted by Gasteiger charge is 2.06. The molecule has 0 amide bonds. The van der Waals surface area contributed by atoms with Gasteiger partial charge in [-0.05, 0) is 35.9 Å². The number of nitrogens with two attached hydrogens (primary N) is 1. The van der Waals surface area contributed by atoms with Crippen molar-refractivity contribution in [3.05, 3.63) is 52.0 Å². The van der Waals surface area contributed by atoms with Gasteiger partial charge in [0.15, 0.2) is 0 Å². The molecule has 5 heteroatoms. The van der Waals surface area contributed by atoms with E-state index in [9.17, 15) is 0 Å². The first kappa shape index (κ1) is 14.8. The number of methoxy groups -OCH3 is 1. The minimum absolute atomic E-state index is 0.549. The molecule has 0 aliphatic carbocycles. The van der Waals surface area contributed by atoms with Crippen molar-refractivity contribution in [1.29, 1.82) is 5.26 Å². The summed E-state index contributed by atoms with van der Waals surface area (Å²) >= 11 is 5.08. The van der Waals surface area contributed by atoms with Crippen LogP contribution in [-0.2, 0) is 5.75 Å². The van der Waals surface area contributed by atoms with Crippen LogP contribution in [0.3, 0.4) is 0 Å². The number of benzene rings is 2. The van der Waals surface area contributed by atoms with Crippen molar-refractivity contribution in [2.24, 2.45) is 0 Å². The summed E-state index contributed by atoms with van der Waals surface area (Å²) in [5.41, 5.74) is 8.31. The standard InChI is InChI=1S/C15H13BrN2OS/c1-19-14-5-2-10(6-11(14)8-17)9-20-15-7-12(16)3-4-13(15)18/h2-7H,9,18H2,1H3. The molecule has 0 spiro atoms. The van der Waals surface area contributed by atoms with E-state index in [1.54, 1.807) is 18.9 Å². The number of halogens is 1. The number of hydrogen-bond acceptors (Lipinski definition) is 4. The molecule has 2 aromatic rings. The first-order valence-corrected chi connectivity index (χ1v) is 7.66. The first-order valence-electron chi connectivity index (χ1n) is 5.89. The lowest BCUT2D eigenvalue weighted by Crippen LogP contribution is -1.91. The highest BCUT2D eigenvalue weighted by molar-refractivity contribution is 9.10. The third-order valence-corrected chi connectivity index (χ3v) is 4.39. The Bertz CT molecular complexity index is 667. The Kier molecular flexibility index (Phi) is 4.94. The van der Waals surface area contributed by atoms with Gasteiger partial charge in [-0.3, -0.25) is 0 Å². The molecule has 2 N–H and O–H groups in total. The van der Waals surface area contributed by atoms with Crippen LogP contribution in [-0.4, -0.2) is 7.11 Å². The summed E-state index contributed by atoms with van der Waals surface area (Å²) in [7, 11) is 1.56. The topological polar surface area (TPSA) is 59.0 Å². The molecule has 3 nitrogen and oxygen atoms in total. The summed E-state index contributed by atoms with van der Waals surface area (Å²) in [6.45, 7) is 0. The second kappa shape index (κ2) is 6.69. The van der Waals surface area contributed by atoms with E-state index in [4.69, 9.17) is 15.7 Å². The lowest BCUT2D eigenvalue weighted by atomic mass is 10.1. The van der Waals surface area contributed by atoms with Crippen molar-refractivity contribution in [2.75, 3.05) is 12.8 Å². The first-order chi connectivity index (χ1) is 9.63. The fourth-order valence-electron chi connectivity index (χ4n) is 1.73. The fraction of sp³-hybridized carbons (Fsp3) is 0.133. The van der Waals surface area contributed by atoms with E-state index >= 15 is 0 Å². The highest BCUT2D eigenvalue weighted by atomic mass is 79.9. The summed E-state index contributed by atoms with van der Waals surface area (Å²) in [6.07, 6.45) is 0. The molecule has 2 aromatic carbocycles. The van der Waals surface area contributed by atoms with Crippen molar-refractivity contribution in [3.8, 4) is 11.8 Å². The van der Waals surface area contributed by atoms with Crippen LogP contribution >= 0.6 is 27.7 Å². The Balaban J connectivity index is 2.15. The molecule has 0 saturated carbocycles. The van der Waals surface area contributed by atoms with Crippen molar-refractivity contribution < 1.29 is 4.74 Å².